The second-order valence-corrected chi connectivity index (χ2v) is 5.20. The minimum absolute atomic E-state index is 0.0880. The summed E-state index contributed by atoms with van der Waals surface area (Å²) in [5, 5.41) is 9.75. The molecular formula is C18H18O4. The van der Waals surface area contributed by atoms with E-state index in [0.717, 1.165) is 11.1 Å². The van der Waals surface area contributed by atoms with Gasteiger partial charge in [0.05, 0.1) is 7.11 Å². The van der Waals surface area contributed by atoms with Crippen LogP contribution in [0, 0.1) is 5.41 Å². The minimum Gasteiger partial charge on any atom is -0.480 e. The zero-order valence-electron chi connectivity index (χ0n) is 12.4. The summed E-state index contributed by atoms with van der Waals surface area (Å²) in [7, 11) is 1.22. The Labute approximate surface area is 129 Å². The Balaban J connectivity index is 2.42. The molecule has 22 heavy (non-hydrogen) atoms. The van der Waals surface area contributed by atoms with Crippen LogP contribution in [-0.4, -0.2) is 24.2 Å². The molecule has 1 N–H and O–H groups in total. The number of aliphatic carboxylic acids is 1. The molecule has 2 aromatic carbocycles. The van der Waals surface area contributed by atoms with Crippen LogP contribution in [0.2, 0.25) is 0 Å². The molecule has 114 valence electrons. The maximum absolute atomic E-state index is 12.3. The quantitative estimate of drug-likeness (QED) is 0.658. The van der Waals surface area contributed by atoms with Gasteiger partial charge < -0.3 is 9.84 Å². The highest BCUT2D eigenvalue weighted by atomic mass is 16.5. The molecule has 0 radical (unpaired) electrons. The first-order chi connectivity index (χ1) is 10.6. The van der Waals surface area contributed by atoms with Crippen molar-refractivity contribution in [1.29, 1.82) is 0 Å². The molecule has 0 atom stereocenters. The van der Waals surface area contributed by atoms with E-state index in [0.29, 0.717) is 0 Å². The fourth-order valence-corrected chi connectivity index (χ4v) is 2.53. The Hall–Kier alpha value is -2.62. The molecule has 2 aromatic rings. The van der Waals surface area contributed by atoms with Crippen molar-refractivity contribution in [2.75, 3.05) is 7.11 Å². The molecule has 0 aliphatic carbocycles. The molecule has 4 heteroatoms. The maximum atomic E-state index is 12.3. The number of carboxylic acid groups (broad SMARTS) is 1. The predicted octanol–water partition coefficient (Wildman–Crippen LogP) is 2.72. The second-order valence-electron chi connectivity index (χ2n) is 5.20. The van der Waals surface area contributed by atoms with Gasteiger partial charge in [-0.15, -0.1) is 0 Å². The molecular weight excluding hydrogens is 280 g/mol. The molecule has 0 bridgehead atoms. The van der Waals surface area contributed by atoms with Crippen LogP contribution >= 0.6 is 0 Å². The molecule has 0 fully saturated rings. The Morgan fingerprint density at radius 2 is 1.32 bits per heavy atom. The number of carboxylic acids is 1. The van der Waals surface area contributed by atoms with Crippen LogP contribution in [0.1, 0.15) is 11.1 Å². The third kappa shape index (κ3) is 3.34. The molecule has 0 aromatic heterocycles. The molecule has 0 unspecified atom stereocenters. The number of hydrogen-bond acceptors (Lipinski definition) is 3. The van der Waals surface area contributed by atoms with E-state index in [1.54, 1.807) is 0 Å². The fourth-order valence-electron chi connectivity index (χ4n) is 2.53. The van der Waals surface area contributed by atoms with Gasteiger partial charge in [0.25, 0.3) is 0 Å². The summed E-state index contributed by atoms with van der Waals surface area (Å²) in [5.74, 6) is -1.90. The zero-order valence-corrected chi connectivity index (χ0v) is 12.4. The van der Waals surface area contributed by atoms with Gasteiger partial charge in [0, 0.05) is 0 Å². The molecule has 0 amide bonds. The van der Waals surface area contributed by atoms with Crippen molar-refractivity contribution >= 4 is 11.9 Å². The SMILES string of the molecule is COC(=O)C(Cc1ccccc1)(Cc1ccccc1)C(=O)O. The molecule has 0 aliphatic rings. The highest BCUT2D eigenvalue weighted by molar-refractivity contribution is 5.99. The number of carbonyl (C=O) groups excluding carboxylic acids is 1. The van der Waals surface area contributed by atoms with Gasteiger partial charge in [-0.2, -0.15) is 0 Å². The molecule has 2 rings (SSSR count). The van der Waals surface area contributed by atoms with Gasteiger partial charge in [-0.05, 0) is 24.0 Å². The number of benzene rings is 2. The Bertz CT molecular complexity index is 593. The van der Waals surface area contributed by atoms with Crippen molar-refractivity contribution < 1.29 is 19.4 Å². The van der Waals surface area contributed by atoms with Crippen LogP contribution in [0.3, 0.4) is 0 Å². The van der Waals surface area contributed by atoms with E-state index in [2.05, 4.69) is 0 Å². The summed E-state index contributed by atoms with van der Waals surface area (Å²) in [6.45, 7) is 0. The highest BCUT2D eigenvalue weighted by Gasteiger charge is 2.47. The maximum Gasteiger partial charge on any atom is 0.323 e. The monoisotopic (exact) mass is 298 g/mol. The van der Waals surface area contributed by atoms with Crippen LogP contribution in [-0.2, 0) is 27.2 Å². The van der Waals surface area contributed by atoms with Crippen molar-refractivity contribution in [2.45, 2.75) is 12.8 Å². The van der Waals surface area contributed by atoms with Gasteiger partial charge in [0.1, 0.15) is 0 Å². The van der Waals surface area contributed by atoms with Gasteiger partial charge in [-0.1, -0.05) is 60.7 Å². The van der Waals surface area contributed by atoms with Crippen molar-refractivity contribution in [2.24, 2.45) is 5.41 Å². The standard InChI is InChI=1S/C18H18O4/c1-22-17(21)18(16(19)20,12-14-8-4-2-5-9-14)13-15-10-6-3-7-11-15/h2-11H,12-13H2,1H3,(H,19,20). The third-order valence-electron chi connectivity index (χ3n) is 3.68. The lowest BCUT2D eigenvalue weighted by Gasteiger charge is -2.27. The first kappa shape index (κ1) is 15.8. The lowest BCUT2D eigenvalue weighted by atomic mass is 9.76. The van der Waals surface area contributed by atoms with E-state index in [4.69, 9.17) is 4.74 Å². The number of esters is 1. The molecule has 0 aliphatic heterocycles. The second kappa shape index (κ2) is 6.89. The van der Waals surface area contributed by atoms with Crippen LogP contribution in [0.4, 0.5) is 0 Å². The van der Waals surface area contributed by atoms with E-state index in [1.165, 1.54) is 7.11 Å². The number of hydrogen-bond donors (Lipinski definition) is 1. The zero-order chi connectivity index (χ0) is 16.0. The summed E-state index contributed by atoms with van der Waals surface area (Å²) in [5.41, 5.74) is -0.0604. The first-order valence-electron chi connectivity index (χ1n) is 6.98. The normalized spacial score (nSPS) is 11.0. The Morgan fingerprint density at radius 1 is 0.909 bits per heavy atom. The van der Waals surface area contributed by atoms with Crippen LogP contribution in [0.5, 0.6) is 0 Å². The lowest BCUT2D eigenvalue weighted by molar-refractivity contribution is -0.167. The topological polar surface area (TPSA) is 63.6 Å². The molecule has 0 spiro atoms. The van der Waals surface area contributed by atoms with E-state index in [9.17, 15) is 14.7 Å². The van der Waals surface area contributed by atoms with E-state index < -0.39 is 17.4 Å². The van der Waals surface area contributed by atoms with E-state index >= 15 is 0 Å². The molecule has 0 saturated carbocycles. The summed E-state index contributed by atoms with van der Waals surface area (Å²) < 4.78 is 4.80. The Morgan fingerprint density at radius 3 is 1.64 bits per heavy atom. The van der Waals surface area contributed by atoms with Crippen LogP contribution in [0.15, 0.2) is 60.7 Å². The van der Waals surface area contributed by atoms with Crippen LogP contribution < -0.4 is 0 Å². The number of methoxy groups -OCH3 is 1. The molecule has 0 saturated heterocycles. The largest absolute Gasteiger partial charge is 0.480 e. The summed E-state index contributed by atoms with van der Waals surface area (Å²) in [6.07, 6.45) is 0.176. The number of ether oxygens (including phenoxy) is 1. The smallest absolute Gasteiger partial charge is 0.323 e. The molecule has 0 heterocycles. The van der Waals surface area contributed by atoms with Crippen molar-refractivity contribution in [1.82, 2.24) is 0 Å². The highest BCUT2D eigenvalue weighted by Crippen LogP contribution is 2.30. The van der Waals surface area contributed by atoms with Gasteiger partial charge in [0.2, 0.25) is 0 Å². The van der Waals surface area contributed by atoms with Gasteiger partial charge >= 0.3 is 11.9 Å². The van der Waals surface area contributed by atoms with Crippen molar-refractivity contribution in [3.05, 3.63) is 71.8 Å². The first-order valence-corrected chi connectivity index (χ1v) is 6.98. The predicted molar refractivity (Wildman–Crippen MR) is 82.4 cm³/mol. The van der Waals surface area contributed by atoms with Crippen LogP contribution in [0.25, 0.3) is 0 Å². The summed E-state index contributed by atoms with van der Waals surface area (Å²) >= 11 is 0. The van der Waals surface area contributed by atoms with Gasteiger partial charge in [0.15, 0.2) is 5.41 Å². The van der Waals surface area contributed by atoms with Crippen molar-refractivity contribution in [3.63, 3.8) is 0 Å². The average Bonchev–Trinajstić information content (AvgIpc) is 2.55. The Kier molecular flexibility index (Phi) is 4.94. The van der Waals surface area contributed by atoms with Gasteiger partial charge in [-0.25, -0.2) is 0 Å². The minimum atomic E-state index is -1.63. The van der Waals surface area contributed by atoms with E-state index in [1.807, 2.05) is 60.7 Å². The van der Waals surface area contributed by atoms with E-state index in [-0.39, 0.29) is 12.8 Å². The number of carbonyl (C=O) groups is 2. The average molecular weight is 298 g/mol. The molecule has 4 nitrogen and oxygen atoms in total. The lowest BCUT2D eigenvalue weighted by Crippen LogP contribution is -2.44. The fraction of sp³-hybridized carbons (Fsp3) is 0.222. The van der Waals surface area contributed by atoms with Crippen molar-refractivity contribution in [3.8, 4) is 0 Å². The third-order valence-corrected chi connectivity index (χ3v) is 3.68. The van der Waals surface area contributed by atoms with Gasteiger partial charge in [-0.3, -0.25) is 9.59 Å². The summed E-state index contributed by atoms with van der Waals surface area (Å²) in [4.78, 5) is 24.2. The number of rotatable bonds is 6. The summed E-state index contributed by atoms with van der Waals surface area (Å²) in [6, 6.07) is 18.2.